The van der Waals surface area contributed by atoms with Crippen molar-refractivity contribution < 1.29 is 4.79 Å². The molecule has 3 aromatic rings. The summed E-state index contributed by atoms with van der Waals surface area (Å²) in [4.78, 5) is 15.3. The summed E-state index contributed by atoms with van der Waals surface area (Å²) < 4.78 is 1.57. The molecule has 0 N–H and O–H groups in total. The van der Waals surface area contributed by atoms with Gasteiger partial charge in [0.2, 0.25) is 5.78 Å². The maximum atomic E-state index is 12.8. The standard InChI is InChI=1S/C16H15N5OS/c1-20(2)11-13(15(22)14-9-6-10-23-14)16-17-18-19-21(16)12-7-4-3-5-8-12/h3-11H,1-2H3/b13-11+. The fourth-order valence-electron chi connectivity index (χ4n) is 2.11. The van der Waals surface area contributed by atoms with Crippen LogP contribution in [0.25, 0.3) is 11.3 Å². The van der Waals surface area contributed by atoms with E-state index in [-0.39, 0.29) is 5.78 Å². The van der Waals surface area contributed by atoms with Gasteiger partial charge in [-0.1, -0.05) is 24.3 Å². The van der Waals surface area contributed by atoms with Crippen molar-refractivity contribution in [1.29, 1.82) is 0 Å². The van der Waals surface area contributed by atoms with Crippen LogP contribution in [0.1, 0.15) is 15.5 Å². The maximum Gasteiger partial charge on any atom is 0.208 e. The molecule has 0 saturated carbocycles. The quantitative estimate of drug-likeness (QED) is 0.533. The van der Waals surface area contributed by atoms with Crippen LogP contribution in [-0.2, 0) is 0 Å². The first kappa shape index (κ1) is 15.1. The third-order valence-electron chi connectivity index (χ3n) is 3.09. The zero-order valence-corrected chi connectivity index (χ0v) is 13.6. The molecule has 0 aliphatic carbocycles. The summed E-state index contributed by atoms with van der Waals surface area (Å²) >= 11 is 1.40. The molecule has 0 unspecified atom stereocenters. The average Bonchev–Trinajstić information content (AvgIpc) is 3.24. The van der Waals surface area contributed by atoms with Gasteiger partial charge in [-0.05, 0) is 34.0 Å². The minimum atomic E-state index is -0.0966. The average molecular weight is 325 g/mol. The number of hydrogen-bond acceptors (Lipinski definition) is 6. The number of aromatic nitrogens is 4. The first-order chi connectivity index (χ1) is 11.2. The van der Waals surface area contributed by atoms with E-state index >= 15 is 0 Å². The molecule has 0 bridgehead atoms. The van der Waals surface area contributed by atoms with Gasteiger partial charge >= 0.3 is 0 Å². The van der Waals surface area contributed by atoms with Crippen molar-refractivity contribution in [3.8, 4) is 5.69 Å². The number of para-hydroxylation sites is 1. The Hall–Kier alpha value is -2.80. The van der Waals surface area contributed by atoms with Crippen LogP contribution in [0.15, 0.2) is 54.0 Å². The monoisotopic (exact) mass is 325 g/mol. The number of carbonyl (C=O) groups excluding carboxylic acids is 1. The largest absolute Gasteiger partial charge is 0.383 e. The third-order valence-corrected chi connectivity index (χ3v) is 3.96. The van der Waals surface area contributed by atoms with E-state index in [1.54, 1.807) is 16.9 Å². The first-order valence-corrected chi connectivity index (χ1v) is 7.85. The van der Waals surface area contributed by atoms with Crippen molar-refractivity contribution in [2.45, 2.75) is 0 Å². The second-order valence-corrected chi connectivity index (χ2v) is 6.01. The summed E-state index contributed by atoms with van der Waals surface area (Å²) in [6.45, 7) is 0. The summed E-state index contributed by atoms with van der Waals surface area (Å²) in [6, 6.07) is 13.2. The number of tetrazole rings is 1. The van der Waals surface area contributed by atoms with Crippen LogP contribution in [0.2, 0.25) is 0 Å². The van der Waals surface area contributed by atoms with Crippen LogP contribution in [0, 0.1) is 0 Å². The number of nitrogens with zero attached hydrogens (tertiary/aromatic N) is 5. The molecule has 3 rings (SSSR count). The molecule has 2 aromatic heterocycles. The molecule has 0 fully saturated rings. The Morgan fingerprint density at radius 3 is 2.61 bits per heavy atom. The molecule has 0 radical (unpaired) electrons. The predicted octanol–water partition coefficient (Wildman–Crippen LogP) is 2.51. The normalized spacial score (nSPS) is 11.5. The van der Waals surface area contributed by atoms with Crippen molar-refractivity contribution in [3.63, 3.8) is 0 Å². The Morgan fingerprint density at radius 2 is 1.96 bits per heavy atom. The molecule has 6 nitrogen and oxygen atoms in total. The number of Topliss-reactive ketones (excluding diaryl/α,β-unsaturated/α-hetero) is 1. The highest BCUT2D eigenvalue weighted by Crippen LogP contribution is 2.22. The maximum absolute atomic E-state index is 12.8. The number of benzene rings is 1. The van der Waals surface area contributed by atoms with Gasteiger partial charge in [0, 0.05) is 20.3 Å². The second-order valence-electron chi connectivity index (χ2n) is 5.06. The van der Waals surface area contributed by atoms with Crippen molar-refractivity contribution in [1.82, 2.24) is 25.1 Å². The molecular weight excluding hydrogens is 310 g/mol. The number of rotatable bonds is 5. The molecule has 23 heavy (non-hydrogen) atoms. The highest BCUT2D eigenvalue weighted by Gasteiger charge is 2.22. The predicted molar refractivity (Wildman–Crippen MR) is 89.5 cm³/mol. The molecule has 2 heterocycles. The van der Waals surface area contributed by atoms with Crippen molar-refractivity contribution in [2.24, 2.45) is 0 Å². The van der Waals surface area contributed by atoms with Crippen LogP contribution in [-0.4, -0.2) is 45.0 Å². The van der Waals surface area contributed by atoms with Crippen LogP contribution < -0.4 is 0 Å². The minimum Gasteiger partial charge on any atom is -0.383 e. The Kier molecular flexibility index (Phi) is 4.29. The Balaban J connectivity index is 2.10. The SMILES string of the molecule is CN(C)/C=C(\C(=O)c1cccs1)c1nnnn1-c1ccccc1. The van der Waals surface area contributed by atoms with Gasteiger partial charge < -0.3 is 4.90 Å². The van der Waals surface area contributed by atoms with Crippen molar-refractivity contribution in [3.05, 3.63) is 64.7 Å². The summed E-state index contributed by atoms with van der Waals surface area (Å²) in [5.74, 6) is 0.323. The molecule has 7 heteroatoms. The molecular formula is C16H15N5OS. The molecule has 0 spiro atoms. The van der Waals surface area contributed by atoms with E-state index in [0.29, 0.717) is 16.3 Å². The number of allylic oxidation sites excluding steroid dienone is 1. The summed E-state index contributed by atoms with van der Waals surface area (Å²) in [5.41, 5.74) is 1.25. The van der Waals surface area contributed by atoms with Crippen molar-refractivity contribution in [2.75, 3.05) is 14.1 Å². The van der Waals surface area contributed by atoms with Gasteiger partial charge in [0.25, 0.3) is 0 Å². The molecule has 1 aromatic carbocycles. The van der Waals surface area contributed by atoms with Gasteiger partial charge in [-0.25, -0.2) is 0 Å². The van der Waals surface area contributed by atoms with Gasteiger partial charge in [-0.3, -0.25) is 4.79 Å². The van der Waals surface area contributed by atoms with Gasteiger partial charge in [-0.2, -0.15) is 4.68 Å². The fourth-order valence-corrected chi connectivity index (χ4v) is 2.79. The van der Waals surface area contributed by atoms with E-state index in [2.05, 4.69) is 15.5 Å². The van der Waals surface area contributed by atoms with Crippen molar-refractivity contribution >= 4 is 22.7 Å². The van der Waals surface area contributed by atoms with Gasteiger partial charge in [0.05, 0.1) is 16.1 Å². The second kappa shape index (κ2) is 6.53. The number of hydrogen-bond donors (Lipinski definition) is 0. The van der Waals surface area contributed by atoms with E-state index in [4.69, 9.17) is 0 Å². The smallest absolute Gasteiger partial charge is 0.208 e. The van der Waals surface area contributed by atoms with Crippen LogP contribution in [0.3, 0.4) is 0 Å². The summed E-state index contributed by atoms with van der Waals surface area (Å²) in [7, 11) is 3.72. The topological polar surface area (TPSA) is 63.9 Å². The van der Waals surface area contributed by atoms with Gasteiger partial charge in [0.1, 0.15) is 0 Å². The molecule has 0 aliphatic heterocycles. The summed E-state index contributed by atoms with van der Waals surface area (Å²) in [5, 5.41) is 13.7. The third kappa shape index (κ3) is 3.19. The van der Waals surface area contributed by atoms with Gasteiger partial charge in [0.15, 0.2) is 5.82 Å². The lowest BCUT2D eigenvalue weighted by molar-refractivity contribution is 0.105. The molecule has 0 aliphatic rings. The molecule has 0 saturated heterocycles. The molecule has 0 amide bonds. The van der Waals surface area contributed by atoms with Crippen LogP contribution >= 0.6 is 11.3 Å². The van der Waals surface area contributed by atoms with E-state index in [0.717, 1.165) is 5.69 Å². The Bertz CT molecular complexity index is 821. The van der Waals surface area contributed by atoms with Crippen LogP contribution in [0.4, 0.5) is 0 Å². The zero-order valence-electron chi connectivity index (χ0n) is 12.7. The van der Waals surface area contributed by atoms with E-state index < -0.39 is 0 Å². The Labute approximate surface area is 137 Å². The fraction of sp³-hybridized carbons (Fsp3) is 0.125. The number of carbonyl (C=O) groups is 1. The van der Waals surface area contributed by atoms with E-state index in [9.17, 15) is 4.79 Å². The highest BCUT2D eigenvalue weighted by molar-refractivity contribution is 7.12. The van der Waals surface area contributed by atoms with Gasteiger partial charge in [-0.15, -0.1) is 16.4 Å². The van der Waals surface area contributed by atoms with E-state index in [1.165, 1.54) is 11.3 Å². The Morgan fingerprint density at radius 1 is 1.17 bits per heavy atom. The lowest BCUT2D eigenvalue weighted by Gasteiger charge is -2.11. The minimum absolute atomic E-state index is 0.0966. The highest BCUT2D eigenvalue weighted by atomic mass is 32.1. The first-order valence-electron chi connectivity index (χ1n) is 6.97. The molecule has 0 atom stereocenters. The lowest BCUT2D eigenvalue weighted by atomic mass is 10.1. The number of thiophene rings is 1. The zero-order chi connectivity index (χ0) is 16.2. The van der Waals surface area contributed by atoms with E-state index in [1.807, 2.05) is 60.8 Å². The molecule has 116 valence electrons. The van der Waals surface area contributed by atoms with Crippen LogP contribution in [0.5, 0.6) is 0 Å². The summed E-state index contributed by atoms with van der Waals surface area (Å²) in [6.07, 6.45) is 1.74. The lowest BCUT2D eigenvalue weighted by Crippen LogP contribution is -2.13. The number of ketones is 1.